The van der Waals surface area contributed by atoms with Gasteiger partial charge in [-0.2, -0.15) is 0 Å². The van der Waals surface area contributed by atoms with Gasteiger partial charge in [-0.3, -0.25) is 4.90 Å². The number of piperidine rings is 1. The molecule has 0 saturated carbocycles. The molecular weight excluding hydrogens is 294 g/mol. The van der Waals surface area contributed by atoms with Crippen LogP contribution in [0.15, 0.2) is 35.2 Å². The van der Waals surface area contributed by atoms with E-state index in [0.717, 1.165) is 4.90 Å². The van der Waals surface area contributed by atoms with Crippen LogP contribution in [0.3, 0.4) is 0 Å². The van der Waals surface area contributed by atoms with E-state index in [2.05, 4.69) is 0 Å². The lowest BCUT2D eigenvalue weighted by Crippen LogP contribution is -2.67. The summed E-state index contributed by atoms with van der Waals surface area (Å²) in [6.07, 6.45) is -5.52. The zero-order valence-electron chi connectivity index (χ0n) is 11.5. The van der Waals surface area contributed by atoms with Crippen molar-refractivity contribution in [3.8, 4) is 0 Å². The number of hydrogen-bond donors (Lipinski definition) is 5. The van der Waals surface area contributed by atoms with Crippen LogP contribution in [0.25, 0.3) is 0 Å². The van der Waals surface area contributed by atoms with Gasteiger partial charge >= 0.3 is 0 Å². The lowest BCUT2D eigenvalue weighted by atomic mass is 9.93. The average molecular weight is 315 g/mol. The number of likely N-dealkylation sites (tertiary alicyclic amines) is 1. The maximum absolute atomic E-state index is 10.0. The van der Waals surface area contributed by atoms with E-state index in [4.69, 9.17) is 0 Å². The predicted octanol–water partition coefficient (Wildman–Crippen LogP) is -1.14. The quantitative estimate of drug-likeness (QED) is 0.437. The Labute approximate surface area is 127 Å². The van der Waals surface area contributed by atoms with Crippen molar-refractivity contribution in [3.05, 3.63) is 30.3 Å². The van der Waals surface area contributed by atoms with Crippen molar-refractivity contribution < 1.29 is 25.5 Å². The van der Waals surface area contributed by atoms with E-state index >= 15 is 0 Å². The SMILES string of the molecule is OC[C@@H]1[C@@H](O)[C@H](O)[C@@H](O)C(O)N1CCSc1ccccc1. The van der Waals surface area contributed by atoms with Crippen molar-refractivity contribution in [2.24, 2.45) is 0 Å². The molecular formula is C14H21NO5S. The van der Waals surface area contributed by atoms with Crippen LogP contribution >= 0.6 is 11.8 Å². The van der Waals surface area contributed by atoms with Crippen molar-refractivity contribution >= 4 is 11.8 Å². The van der Waals surface area contributed by atoms with Gasteiger partial charge in [0.2, 0.25) is 0 Å². The molecule has 0 bridgehead atoms. The highest BCUT2D eigenvalue weighted by atomic mass is 32.2. The van der Waals surface area contributed by atoms with Crippen LogP contribution in [0.2, 0.25) is 0 Å². The largest absolute Gasteiger partial charge is 0.395 e. The molecule has 1 aromatic rings. The van der Waals surface area contributed by atoms with Crippen LogP contribution in [0.5, 0.6) is 0 Å². The predicted molar refractivity (Wildman–Crippen MR) is 78.8 cm³/mol. The lowest BCUT2D eigenvalue weighted by Gasteiger charge is -2.46. The van der Waals surface area contributed by atoms with Gasteiger partial charge in [-0.05, 0) is 12.1 Å². The summed E-state index contributed by atoms with van der Waals surface area (Å²) in [5.74, 6) is 0.618. The summed E-state index contributed by atoms with van der Waals surface area (Å²) in [6, 6.07) is 8.92. The minimum Gasteiger partial charge on any atom is -0.395 e. The average Bonchev–Trinajstić information content (AvgIpc) is 2.51. The molecule has 5 atom stereocenters. The Morgan fingerprint density at radius 3 is 2.24 bits per heavy atom. The van der Waals surface area contributed by atoms with Crippen LogP contribution in [-0.4, -0.2) is 79.9 Å². The fourth-order valence-electron chi connectivity index (χ4n) is 2.49. The maximum Gasteiger partial charge on any atom is 0.136 e. The van der Waals surface area contributed by atoms with Crippen molar-refractivity contribution in [2.75, 3.05) is 18.9 Å². The van der Waals surface area contributed by atoms with Crippen LogP contribution in [-0.2, 0) is 0 Å². The Kier molecular flexibility index (Phi) is 6.00. The summed E-state index contributed by atoms with van der Waals surface area (Å²) < 4.78 is 0. The number of nitrogens with zero attached hydrogens (tertiary/aromatic N) is 1. The van der Waals surface area contributed by atoms with Crippen LogP contribution in [0, 0.1) is 0 Å². The molecule has 0 spiro atoms. The molecule has 0 radical (unpaired) electrons. The zero-order valence-corrected chi connectivity index (χ0v) is 12.3. The Morgan fingerprint density at radius 1 is 0.952 bits per heavy atom. The molecule has 118 valence electrons. The topological polar surface area (TPSA) is 104 Å². The van der Waals surface area contributed by atoms with Gasteiger partial charge < -0.3 is 25.5 Å². The summed E-state index contributed by atoms with van der Waals surface area (Å²) in [6.45, 7) is -0.0369. The van der Waals surface area contributed by atoms with Gasteiger partial charge in [0.15, 0.2) is 0 Å². The van der Waals surface area contributed by atoms with Gasteiger partial charge in [-0.1, -0.05) is 18.2 Å². The highest BCUT2D eigenvalue weighted by molar-refractivity contribution is 7.99. The number of hydrogen-bond acceptors (Lipinski definition) is 7. The second kappa shape index (κ2) is 7.55. The first-order chi connectivity index (χ1) is 10.1. The first kappa shape index (κ1) is 16.7. The fraction of sp³-hybridized carbons (Fsp3) is 0.571. The lowest BCUT2D eigenvalue weighted by molar-refractivity contribution is -0.221. The Morgan fingerprint density at radius 2 is 1.62 bits per heavy atom. The van der Waals surface area contributed by atoms with Crippen LogP contribution < -0.4 is 0 Å². The number of rotatable bonds is 5. The van der Waals surface area contributed by atoms with E-state index in [1.165, 1.54) is 4.90 Å². The Bertz CT molecular complexity index is 435. The third-order valence-electron chi connectivity index (χ3n) is 3.71. The molecule has 7 heteroatoms. The number of aliphatic hydroxyl groups excluding tert-OH is 5. The van der Waals surface area contributed by atoms with Crippen molar-refractivity contribution in [2.45, 2.75) is 35.5 Å². The van der Waals surface area contributed by atoms with Gasteiger partial charge in [-0.25, -0.2) is 0 Å². The van der Waals surface area contributed by atoms with Gasteiger partial charge in [-0.15, -0.1) is 11.8 Å². The van der Waals surface area contributed by atoms with Crippen LogP contribution in [0.4, 0.5) is 0 Å². The zero-order chi connectivity index (χ0) is 15.4. The van der Waals surface area contributed by atoms with E-state index in [9.17, 15) is 25.5 Å². The van der Waals surface area contributed by atoms with Gasteiger partial charge in [0.05, 0.1) is 12.6 Å². The minimum atomic E-state index is -1.46. The van der Waals surface area contributed by atoms with Gasteiger partial charge in [0.25, 0.3) is 0 Å². The van der Waals surface area contributed by atoms with E-state index in [0.29, 0.717) is 12.3 Å². The number of benzene rings is 1. The van der Waals surface area contributed by atoms with E-state index in [1.54, 1.807) is 11.8 Å². The van der Waals surface area contributed by atoms with E-state index < -0.39 is 37.2 Å². The second-order valence-corrected chi connectivity index (χ2v) is 6.20. The van der Waals surface area contributed by atoms with Crippen molar-refractivity contribution in [1.29, 1.82) is 0 Å². The molecule has 1 fully saturated rings. The molecule has 1 saturated heterocycles. The molecule has 1 aliphatic rings. The maximum atomic E-state index is 10.0. The molecule has 1 aliphatic heterocycles. The first-order valence-corrected chi connectivity index (χ1v) is 7.81. The number of thioether (sulfide) groups is 1. The summed E-state index contributed by atoms with van der Waals surface area (Å²) in [5.41, 5.74) is 0. The molecule has 5 N–H and O–H groups in total. The molecule has 21 heavy (non-hydrogen) atoms. The van der Waals surface area contributed by atoms with Crippen LogP contribution in [0.1, 0.15) is 0 Å². The molecule has 0 aliphatic carbocycles. The number of aliphatic hydroxyl groups is 5. The molecule has 2 rings (SSSR count). The highest BCUT2D eigenvalue weighted by Crippen LogP contribution is 2.25. The van der Waals surface area contributed by atoms with E-state index in [1.807, 2.05) is 30.3 Å². The fourth-order valence-corrected chi connectivity index (χ4v) is 3.38. The minimum absolute atomic E-state index is 0.368. The molecule has 6 nitrogen and oxygen atoms in total. The highest BCUT2D eigenvalue weighted by Gasteiger charge is 2.46. The second-order valence-electron chi connectivity index (χ2n) is 5.03. The molecule has 0 amide bonds. The summed E-state index contributed by atoms with van der Waals surface area (Å²) in [7, 11) is 0. The van der Waals surface area contributed by atoms with Gasteiger partial charge in [0, 0.05) is 17.2 Å². The third-order valence-corrected chi connectivity index (χ3v) is 4.71. The molecule has 1 unspecified atom stereocenters. The van der Waals surface area contributed by atoms with Gasteiger partial charge in [0.1, 0.15) is 24.5 Å². The molecule has 1 heterocycles. The summed E-state index contributed by atoms with van der Waals surface area (Å²) in [5, 5.41) is 48.6. The monoisotopic (exact) mass is 315 g/mol. The summed E-state index contributed by atoms with van der Waals surface area (Å²) in [4.78, 5) is 2.50. The third kappa shape index (κ3) is 3.75. The van der Waals surface area contributed by atoms with E-state index in [-0.39, 0.29) is 0 Å². The Hall–Kier alpha value is -0.670. The summed E-state index contributed by atoms with van der Waals surface area (Å²) >= 11 is 1.57. The first-order valence-electron chi connectivity index (χ1n) is 6.83. The molecule has 1 aromatic carbocycles. The smallest absolute Gasteiger partial charge is 0.136 e. The van der Waals surface area contributed by atoms with Crippen molar-refractivity contribution in [1.82, 2.24) is 4.90 Å². The van der Waals surface area contributed by atoms with Crippen molar-refractivity contribution in [3.63, 3.8) is 0 Å². The normalized spacial score (nSPS) is 34.0. The molecule has 0 aromatic heterocycles. The Balaban J connectivity index is 1.96. The standard InChI is InChI=1S/C14H21NO5S/c16-8-10-11(17)12(18)13(19)14(20)15(10)6-7-21-9-4-2-1-3-5-9/h1-5,10-14,16-20H,6-8H2/t10-,11-,12+,13-,14?/m1/s1.